The van der Waals surface area contributed by atoms with Crippen molar-refractivity contribution in [1.29, 1.82) is 0 Å². The molecule has 0 atom stereocenters. The van der Waals surface area contributed by atoms with Gasteiger partial charge in [-0.05, 0) is 48.7 Å². The number of nitrogens with one attached hydrogen (secondary N) is 1. The van der Waals surface area contributed by atoms with Gasteiger partial charge in [0.15, 0.2) is 6.61 Å². The third kappa shape index (κ3) is 6.66. The lowest BCUT2D eigenvalue weighted by atomic mass is 10.1. The smallest absolute Gasteiger partial charge is 0.340 e. The molecule has 0 aliphatic carbocycles. The Bertz CT molecular complexity index is 1010. The average Bonchev–Trinajstić information content (AvgIpc) is 2.72. The summed E-state index contributed by atoms with van der Waals surface area (Å²) in [5.41, 5.74) is 1.37. The topological polar surface area (TPSA) is 81.7 Å². The van der Waals surface area contributed by atoms with E-state index in [0.29, 0.717) is 11.1 Å². The van der Waals surface area contributed by atoms with Crippen molar-refractivity contribution in [2.75, 3.05) is 20.3 Å². The Morgan fingerprint density at radius 2 is 1.77 bits per heavy atom. The van der Waals surface area contributed by atoms with Gasteiger partial charge < -0.3 is 9.47 Å². The predicted octanol–water partition coefficient (Wildman–Crippen LogP) is 3.58. The summed E-state index contributed by atoms with van der Waals surface area (Å²) >= 11 is 0. The van der Waals surface area contributed by atoms with Crippen LogP contribution >= 0.6 is 0 Å². The number of sulfonamides is 1. The second kappa shape index (κ2) is 10.1. The van der Waals surface area contributed by atoms with E-state index in [1.54, 1.807) is 6.92 Å². The third-order valence-corrected chi connectivity index (χ3v) is 5.76. The molecule has 0 amide bonds. The molecule has 31 heavy (non-hydrogen) atoms. The number of benzene rings is 2. The zero-order valence-electron chi connectivity index (χ0n) is 16.7. The van der Waals surface area contributed by atoms with Gasteiger partial charge >= 0.3 is 18.3 Å². The first kappa shape index (κ1) is 24.6. The largest absolute Gasteiger partial charge is 0.487 e. The van der Waals surface area contributed by atoms with E-state index in [4.69, 9.17) is 0 Å². The van der Waals surface area contributed by atoms with Crippen LogP contribution in [0.25, 0.3) is 0 Å². The lowest BCUT2D eigenvalue weighted by Crippen LogP contribution is -2.33. The predicted molar refractivity (Wildman–Crippen MR) is 104 cm³/mol. The van der Waals surface area contributed by atoms with Gasteiger partial charge in [-0.15, -0.1) is 0 Å². The maximum atomic E-state index is 12.9. The van der Waals surface area contributed by atoms with E-state index >= 15 is 0 Å². The number of methoxy groups -OCH3 is 1. The van der Waals surface area contributed by atoms with Gasteiger partial charge in [0.2, 0.25) is 10.0 Å². The lowest BCUT2D eigenvalue weighted by Gasteiger charge is -2.16. The second-order valence-electron chi connectivity index (χ2n) is 6.61. The molecular weight excluding hydrogens is 442 g/mol. The number of carbonyl (C=O) groups excluding carboxylic acids is 1. The normalized spacial score (nSPS) is 12.1. The lowest BCUT2D eigenvalue weighted by molar-refractivity contribution is -0.148. The fourth-order valence-corrected chi connectivity index (χ4v) is 3.56. The highest BCUT2D eigenvalue weighted by Crippen LogP contribution is 2.24. The van der Waals surface area contributed by atoms with Crippen LogP contribution in [0.5, 0.6) is 5.75 Å². The molecule has 0 radical (unpaired) electrons. The molecule has 0 fully saturated rings. The summed E-state index contributed by atoms with van der Waals surface area (Å²) in [5, 5.41) is 0. The molecule has 0 saturated carbocycles. The number of alkyl halides is 4. The minimum Gasteiger partial charge on any atom is -0.487 e. The highest BCUT2D eigenvalue weighted by Gasteiger charge is 2.41. The van der Waals surface area contributed by atoms with E-state index in [1.807, 2.05) is 0 Å². The fourth-order valence-electron chi connectivity index (χ4n) is 2.51. The SMILES string of the molecule is COC(=O)c1cc(S(=O)(=O)NCCc2ccc(OCC(F)(F)C(F)F)cc2)ccc1C. The van der Waals surface area contributed by atoms with Gasteiger partial charge in [0.25, 0.3) is 0 Å². The molecule has 0 heterocycles. The molecule has 170 valence electrons. The van der Waals surface area contributed by atoms with Gasteiger partial charge in [0.1, 0.15) is 5.75 Å². The molecule has 2 aromatic carbocycles. The monoisotopic (exact) mass is 463 g/mol. The Morgan fingerprint density at radius 1 is 1.13 bits per heavy atom. The minimum absolute atomic E-state index is 0.0142. The molecule has 0 aliphatic rings. The number of hydrogen-bond donors (Lipinski definition) is 1. The van der Waals surface area contributed by atoms with E-state index in [0.717, 1.165) is 0 Å². The number of ether oxygens (including phenoxy) is 2. The summed E-state index contributed by atoms with van der Waals surface area (Å²) in [6, 6.07) is 9.76. The molecule has 0 aliphatic heterocycles. The molecule has 6 nitrogen and oxygen atoms in total. The van der Waals surface area contributed by atoms with Crippen LogP contribution in [0.1, 0.15) is 21.5 Å². The summed E-state index contributed by atoms with van der Waals surface area (Å²) in [6.07, 6.45) is -3.56. The standard InChI is InChI=1S/C20H21F4NO5S/c1-13-3-8-16(11-17(13)18(26)29-2)31(27,28)25-10-9-14-4-6-15(7-5-14)30-12-20(23,24)19(21)22/h3-8,11,19,25H,9-10,12H2,1-2H3. The van der Waals surface area contributed by atoms with Crippen molar-refractivity contribution in [3.8, 4) is 5.75 Å². The number of esters is 1. The number of aryl methyl sites for hydroxylation is 1. The van der Waals surface area contributed by atoms with Crippen molar-refractivity contribution in [2.45, 2.75) is 30.6 Å². The maximum Gasteiger partial charge on any atom is 0.340 e. The van der Waals surface area contributed by atoms with Gasteiger partial charge in [-0.2, -0.15) is 8.78 Å². The van der Waals surface area contributed by atoms with Crippen molar-refractivity contribution in [3.05, 3.63) is 59.2 Å². The number of carbonyl (C=O) groups is 1. The van der Waals surface area contributed by atoms with Crippen LogP contribution in [0.3, 0.4) is 0 Å². The van der Waals surface area contributed by atoms with Crippen molar-refractivity contribution in [1.82, 2.24) is 4.72 Å². The Balaban J connectivity index is 1.95. The fraction of sp³-hybridized carbons (Fsp3) is 0.350. The maximum absolute atomic E-state index is 12.9. The van der Waals surface area contributed by atoms with Crippen LogP contribution in [0.4, 0.5) is 17.6 Å². The summed E-state index contributed by atoms with van der Waals surface area (Å²) in [7, 11) is -2.69. The first-order valence-electron chi connectivity index (χ1n) is 9.02. The molecule has 0 unspecified atom stereocenters. The first-order valence-corrected chi connectivity index (χ1v) is 10.5. The summed E-state index contributed by atoms with van der Waals surface area (Å²) < 4.78 is 86.7. The van der Waals surface area contributed by atoms with Gasteiger partial charge in [0, 0.05) is 6.54 Å². The van der Waals surface area contributed by atoms with Crippen LogP contribution in [-0.2, 0) is 21.2 Å². The highest BCUT2D eigenvalue weighted by atomic mass is 32.2. The number of hydrogen-bond acceptors (Lipinski definition) is 5. The number of halogens is 4. The number of rotatable bonds is 10. The van der Waals surface area contributed by atoms with Crippen molar-refractivity contribution < 1.29 is 40.2 Å². The molecule has 1 N–H and O–H groups in total. The summed E-state index contributed by atoms with van der Waals surface area (Å²) in [6.45, 7) is 0.222. The van der Waals surface area contributed by atoms with Crippen LogP contribution in [0.15, 0.2) is 47.4 Å². The quantitative estimate of drug-likeness (QED) is 0.430. The molecular formula is C20H21F4NO5S. The molecule has 11 heteroatoms. The van der Waals surface area contributed by atoms with Crippen LogP contribution in [0.2, 0.25) is 0 Å². The molecule has 0 spiro atoms. The Labute approximate surface area is 177 Å². The molecule has 0 saturated heterocycles. The van der Waals surface area contributed by atoms with Crippen molar-refractivity contribution >= 4 is 16.0 Å². The Morgan fingerprint density at radius 3 is 2.35 bits per heavy atom. The van der Waals surface area contributed by atoms with Gasteiger partial charge in [-0.1, -0.05) is 18.2 Å². The Hall–Kier alpha value is -2.66. The van der Waals surface area contributed by atoms with E-state index < -0.39 is 34.9 Å². The van der Waals surface area contributed by atoms with Crippen molar-refractivity contribution in [2.24, 2.45) is 0 Å². The van der Waals surface area contributed by atoms with E-state index in [-0.39, 0.29) is 29.2 Å². The minimum atomic E-state index is -4.25. The molecule has 2 rings (SSSR count). The van der Waals surface area contributed by atoms with E-state index in [1.165, 1.54) is 49.6 Å². The Kier molecular flexibility index (Phi) is 8.02. The third-order valence-electron chi connectivity index (χ3n) is 4.30. The van der Waals surface area contributed by atoms with Gasteiger partial charge in [0.05, 0.1) is 17.6 Å². The van der Waals surface area contributed by atoms with E-state index in [2.05, 4.69) is 14.2 Å². The highest BCUT2D eigenvalue weighted by molar-refractivity contribution is 7.89. The molecule has 0 aromatic heterocycles. The van der Waals surface area contributed by atoms with Crippen LogP contribution in [0, 0.1) is 6.92 Å². The zero-order valence-corrected chi connectivity index (χ0v) is 17.5. The molecule has 2 aromatic rings. The first-order chi connectivity index (χ1) is 14.5. The molecule has 0 bridgehead atoms. The van der Waals surface area contributed by atoms with Gasteiger partial charge in [-0.25, -0.2) is 26.7 Å². The summed E-state index contributed by atoms with van der Waals surface area (Å²) in [5.74, 6) is -4.91. The van der Waals surface area contributed by atoms with Gasteiger partial charge in [-0.3, -0.25) is 0 Å². The second-order valence-corrected chi connectivity index (χ2v) is 8.38. The zero-order chi connectivity index (χ0) is 23.2. The van der Waals surface area contributed by atoms with Crippen LogP contribution in [-0.4, -0.2) is 47.0 Å². The van der Waals surface area contributed by atoms with Crippen LogP contribution < -0.4 is 9.46 Å². The van der Waals surface area contributed by atoms with E-state index in [9.17, 15) is 30.8 Å². The summed E-state index contributed by atoms with van der Waals surface area (Å²) in [4.78, 5) is 11.7. The van der Waals surface area contributed by atoms with Crippen molar-refractivity contribution in [3.63, 3.8) is 0 Å². The average molecular weight is 463 g/mol.